The summed E-state index contributed by atoms with van der Waals surface area (Å²) < 4.78 is 26.7. The number of carboxylic acids is 1. The smallest absolute Gasteiger partial charge is 0.309 e. The molecule has 18 heavy (non-hydrogen) atoms. The molecule has 2 nitrogen and oxygen atoms in total. The molecule has 2 fully saturated rings. The first-order valence-electron chi connectivity index (χ1n) is 6.17. The fourth-order valence-electron chi connectivity index (χ4n) is 3.34. The van der Waals surface area contributed by atoms with E-state index in [2.05, 4.69) is 0 Å². The normalized spacial score (nSPS) is 33.2. The van der Waals surface area contributed by atoms with Gasteiger partial charge in [-0.1, -0.05) is 0 Å². The minimum atomic E-state index is -0.887. The van der Waals surface area contributed by atoms with Crippen molar-refractivity contribution >= 4 is 5.97 Å². The lowest BCUT2D eigenvalue weighted by molar-refractivity contribution is -0.149. The largest absolute Gasteiger partial charge is 0.481 e. The van der Waals surface area contributed by atoms with Gasteiger partial charge in [0, 0.05) is 0 Å². The fourth-order valence-corrected chi connectivity index (χ4v) is 3.34. The summed E-state index contributed by atoms with van der Waals surface area (Å²) in [6, 6.07) is 3.23. The van der Waals surface area contributed by atoms with E-state index in [1.165, 1.54) is 0 Å². The van der Waals surface area contributed by atoms with Gasteiger partial charge in [-0.25, -0.2) is 8.78 Å². The standard InChI is InChI=1S/C14H14F2O2/c15-11-1-2-12(16)10(4-11)7-14(13(17)18)5-8-3-9(8)6-14/h1-2,4,8-9H,3,5-7H2,(H,17,18). The Bertz CT molecular complexity index is 503. The van der Waals surface area contributed by atoms with Crippen molar-refractivity contribution in [2.75, 3.05) is 0 Å². The minimum absolute atomic E-state index is 0.0962. The average Bonchev–Trinajstić information content (AvgIpc) is 2.92. The zero-order chi connectivity index (χ0) is 12.9. The van der Waals surface area contributed by atoms with E-state index < -0.39 is 23.0 Å². The number of hydrogen-bond acceptors (Lipinski definition) is 1. The first-order chi connectivity index (χ1) is 8.50. The summed E-state index contributed by atoms with van der Waals surface area (Å²) in [5.41, 5.74) is -0.707. The fraction of sp³-hybridized carbons (Fsp3) is 0.500. The van der Waals surface area contributed by atoms with Crippen molar-refractivity contribution in [2.24, 2.45) is 17.3 Å². The first kappa shape index (κ1) is 11.6. The number of aliphatic carboxylic acids is 1. The topological polar surface area (TPSA) is 37.3 Å². The molecule has 0 aromatic heterocycles. The van der Waals surface area contributed by atoms with E-state index in [9.17, 15) is 18.7 Å². The maximum Gasteiger partial charge on any atom is 0.309 e. The van der Waals surface area contributed by atoms with Gasteiger partial charge < -0.3 is 5.11 Å². The van der Waals surface area contributed by atoms with E-state index in [0.29, 0.717) is 24.7 Å². The van der Waals surface area contributed by atoms with Crippen LogP contribution in [0, 0.1) is 28.9 Å². The highest BCUT2D eigenvalue weighted by Crippen LogP contribution is 2.61. The van der Waals surface area contributed by atoms with Crippen LogP contribution in [0.25, 0.3) is 0 Å². The van der Waals surface area contributed by atoms with E-state index >= 15 is 0 Å². The zero-order valence-electron chi connectivity index (χ0n) is 9.83. The number of fused-ring (bicyclic) bond motifs is 1. The summed E-state index contributed by atoms with van der Waals surface area (Å²) in [7, 11) is 0. The van der Waals surface area contributed by atoms with Crippen LogP contribution in [0.1, 0.15) is 24.8 Å². The van der Waals surface area contributed by atoms with Crippen LogP contribution in [0.2, 0.25) is 0 Å². The quantitative estimate of drug-likeness (QED) is 0.897. The molecule has 2 atom stereocenters. The molecule has 4 heteroatoms. The Balaban J connectivity index is 1.89. The Morgan fingerprint density at radius 1 is 1.33 bits per heavy atom. The molecule has 0 heterocycles. The van der Waals surface area contributed by atoms with Crippen LogP contribution < -0.4 is 0 Å². The number of carboxylic acid groups (broad SMARTS) is 1. The molecular weight excluding hydrogens is 238 g/mol. The molecule has 1 aromatic rings. The van der Waals surface area contributed by atoms with Gasteiger partial charge in [0.25, 0.3) is 0 Å². The third-order valence-corrected chi connectivity index (χ3v) is 4.37. The number of halogens is 2. The molecule has 3 rings (SSSR count). The Hall–Kier alpha value is -1.45. The highest BCUT2D eigenvalue weighted by molar-refractivity contribution is 5.76. The molecule has 2 unspecified atom stereocenters. The van der Waals surface area contributed by atoms with Gasteiger partial charge in [-0.05, 0) is 61.3 Å². The second-order valence-corrected chi connectivity index (χ2v) is 5.66. The molecule has 1 N–H and O–H groups in total. The molecule has 2 aliphatic rings. The van der Waals surface area contributed by atoms with Crippen molar-refractivity contribution in [1.29, 1.82) is 0 Å². The van der Waals surface area contributed by atoms with Gasteiger partial charge in [0.1, 0.15) is 11.6 Å². The van der Waals surface area contributed by atoms with Gasteiger partial charge >= 0.3 is 5.97 Å². The van der Waals surface area contributed by atoms with Gasteiger partial charge in [-0.3, -0.25) is 4.79 Å². The molecule has 0 aliphatic heterocycles. The predicted molar refractivity (Wildman–Crippen MR) is 61.0 cm³/mol. The molecule has 2 saturated carbocycles. The average molecular weight is 252 g/mol. The van der Waals surface area contributed by atoms with Crippen molar-refractivity contribution in [3.63, 3.8) is 0 Å². The van der Waals surface area contributed by atoms with Crippen LogP contribution in [0.3, 0.4) is 0 Å². The van der Waals surface area contributed by atoms with Crippen LogP contribution in [0.5, 0.6) is 0 Å². The maximum atomic E-state index is 13.6. The monoisotopic (exact) mass is 252 g/mol. The summed E-state index contributed by atoms with van der Waals surface area (Å²) in [6.07, 6.45) is 2.39. The maximum absolute atomic E-state index is 13.6. The lowest BCUT2D eigenvalue weighted by Gasteiger charge is -2.26. The van der Waals surface area contributed by atoms with Gasteiger partial charge in [0.05, 0.1) is 5.41 Å². The summed E-state index contributed by atoms with van der Waals surface area (Å²) in [5, 5.41) is 9.41. The number of rotatable bonds is 3. The molecule has 0 saturated heterocycles. The Morgan fingerprint density at radius 2 is 2.00 bits per heavy atom. The van der Waals surface area contributed by atoms with Gasteiger partial charge in [0.2, 0.25) is 0 Å². The van der Waals surface area contributed by atoms with Crippen molar-refractivity contribution < 1.29 is 18.7 Å². The van der Waals surface area contributed by atoms with E-state index in [1.807, 2.05) is 0 Å². The van der Waals surface area contributed by atoms with Crippen molar-refractivity contribution in [3.8, 4) is 0 Å². The van der Waals surface area contributed by atoms with Crippen LogP contribution in [0.15, 0.2) is 18.2 Å². The zero-order valence-corrected chi connectivity index (χ0v) is 9.83. The molecule has 96 valence electrons. The van der Waals surface area contributed by atoms with Crippen LogP contribution >= 0.6 is 0 Å². The summed E-state index contributed by atoms with van der Waals surface area (Å²) >= 11 is 0. The van der Waals surface area contributed by atoms with E-state index in [-0.39, 0.29) is 12.0 Å². The lowest BCUT2D eigenvalue weighted by Crippen LogP contribution is -2.32. The third-order valence-electron chi connectivity index (χ3n) is 4.37. The second-order valence-electron chi connectivity index (χ2n) is 5.66. The molecule has 1 aromatic carbocycles. The minimum Gasteiger partial charge on any atom is -0.481 e. The van der Waals surface area contributed by atoms with Crippen LogP contribution in [-0.4, -0.2) is 11.1 Å². The van der Waals surface area contributed by atoms with Gasteiger partial charge in [0.15, 0.2) is 0 Å². The highest BCUT2D eigenvalue weighted by atomic mass is 19.1. The molecule has 0 radical (unpaired) electrons. The van der Waals surface area contributed by atoms with E-state index in [0.717, 1.165) is 24.6 Å². The molecule has 0 spiro atoms. The SMILES string of the molecule is O=C(O)C1(Cc2cc(F)ccc2F)CC2CC2C1. The van der Waals surface area contributed by atoms with E-state index in [4.69, 9.17) is 0 Å². The Kier molecular flexibility index (Phi) is 2.44. The van der Waals surface area contributed by atoms with Crippen molar-refractivity contribution in [1.82, 2.24) is 0 Å². The van der Waals surface area contributed by atoms with Crippen LogP contribution in [0.4, 0.5) is 8.78 Å². The number of hydrogen-bond donors (Lipinski definition) is 1. The summed E-state index contributed by atoms with van der Waals surface area (Å²) in [6.45, 7) is 0. The Labute approximate surface area is 104 Å². The van der Waals surface area contributed by atoms with Crippen molar-refractivity contribution in [3.05, 3.63) is 35.4 Å². The van der Waals surface area contributed by atoms with Crippen molar-refractivity contribution in [2.45, 2.75) is 25.7 Å². The molecule has 0 amide bonds. The predicted octanol–water partition coefficient (Wildman–Crippen LogP) is 3.01. The van der Waals surface area contributed by atoms with Gasteiger partial charge in [-0.15, -0.1) is 0 Å². The first-order valence-corrected chi connectivity index (χ1v) is 6.17. The molecular formula is C14H14F2O2. The highest BCUT2D eigenvalue weighted by Gasteiger charge is 2.57. The Morgan fingerprint density at radius 3 is 2.61 bits per heavy atom. The van der Waals surface area contributed by atoms with Crippen LogP contribution in [-0.2, 0) is 11.2 Å². The molecule has 2 aliphatic carbocycles. The molecule has 0 bridgehead atoms. The second kappa shape index (κ2) is 3.77. The summed E-state index contributed by atoms with van der Waals surface area (Å²) in [4.78, 5) is 11.5. The number of benzene rings is 1. The number of carbonyl (C=O) groups is 1. The summed E-state index contributed by atoms with van der Waals surface area (Å²) in [5.74, 6) is -0.943. The third kappa shape index (κ3) is 1.80. The van der Waals surface area contributed by atoms with Gasteiger partial charge in [-0.2, -0.15) is 0 Å². The van der Waals surface area contributed by atoms with E-state index in [1.54, 1.807) is 0 Å². The lowest BCUT2D eigenvalue weighted by atomic mass is 9.77.